The fourth-order valence-electron chi connectivity index (χ4n) is 2.28. The molecule has 0 aliphatic rings. The second kappa shape index (κ2) is 4.76. The average molecular weight is 286 g/mol. The van der Waals surface area contributed by atoms with E-state index in [-0.39, 0.29) is 17.4 Å². The molecular weight excluding hydrogens is 272 g/mol. The van der Waals surface area contributed by atoms with E-state index >= 15 is 0 Å². The van der Waals surface area contributed by atoms with Crippen LogP contribution in [0.1, 0.15) is 25.3 Å². The molecule has 20 heavy (non-hydrogen) atoms. The zero-order chi connectivity index (χ0) is 14.3. The highest BCUT2D eigenvalue weighted by Crippen LogP contribution is 2.32. The Balaban J connectivity index is 2.23. The Labute approximate surface area is 119 Å². The van der Waals surface area contributed by atoms with Crippen LogP contribution < -0.4 is 5.56 Å². The number of thiophene rings is 1. The standard InChI is InChI=1S/C15H14N2O2S/c1-8(2)12-14(18)16-13(17-15(12)19)10-7-20-11-6-4-3-5-9(10)11/h3-8H,1-2H3,(H2,16,17,18,19). The smallest absolute Gasteiger partial charge is 0.258 e. The fourth-order valence-corrected chi connectivity index (χ4v) is 3.23. The maximum absolute atomic E-state index is 12.1. The zero-order valence-corrected chi connectivity index (χ0v) is 12.0. The number of fused-ring (bicyclic) bond motifs is 1. The molecule has 0 atom stereocenters. The van der Waals surface area contributed by atoms with Crippen molar-refractivity contribution in [3.8, 4) is 17.3 Å². The van der Waals surface area contributed by atoms with Gasteiger partial charge in [-0.05, 0) is 12.0 Å². The molecule has 5 heteroatoms. The Morgan fingerprint density at radius 3 is 2.75 bits per heavy atom. The van der Waals surface area contributed by atoms with E-state index in [4.69, 9.17) is 0 Å². The summed E-state index contributed by atoms with van der Waals surface area (Å²) in [4.78, 5) is 19.0. The second-order valence-corrected chi connectivity index (χ2v) is 5.86. The third kappa shape index (κ3) is 2.00. The van der Waals surface area contributed by atoms with Gasteiger partial charge in [0, 0.05) is 21.0 Å². The van der Waals surface area contributed by atoms with Gasteiger partial charge < -0.3 is 10.1 Å². The van der Waals surface area contributed by atoms with Crippen LogP contribution in [0.2, 0.25) is 0 Å². The molecule has 4 nitrogen and oxygen atoms in total. The Bertz CT molecular complexity index is 833. The van der Waals surface area contributed by atoms with Gasteiger partial charge in [0.15, 0.2) is 0 Å². The average Bonchev–Trinajstić information content (AvgIpc) is 2.81. The van der Waals surface area contributed by atoms with Crippen molar-refractivity contribution in [2.75, 3.05) is 0 Å². The highest BCUT2D eigenvalue weighted by atomic mass is 32.1. The topological polar surface area (TPSA) is 66.0 Å². The van der Waals surface area contributed by atoms with E-state index in [1.54, 1.807) is 11.3 Å². The predicted octanol–water partition coefficient (Wildman–Crippen LogP) is 3.48. The maximum atomic E-state index is 12.1. The minimum atomic E-state index is -0.280. The van der Waals surface area contributed by atoms with Gasteiger partial charge in [-0.1, -0.05) is 32.0 Å². The molecule has 0 unspecified atom stereocenters. The lowest BCUT2D eigenvalue weighted by Crippen LogP contribution is -2.16. The fraction of sp³-hybridized carbons (Fsp3) is 0.200. The molecule has 0 saturated carbocycles. The van der Waals surface area contributed by atoms with Crippen LogP contribution >= 0.6 is 11.3 Å². The van der Waals surface area contributed by atoms with Crippen molar-refractivity contribution in [1.29, 1.82) is 0 Å². The molecule has 0 aliphatic heterocycles. The molecule has 3 aromatic rings. The minimum absolute atomic E-state index is 0.0699. The minimum Gasteiger partial charge on any atom is -0.493 e. The number of nitrogens with zero attached hydrogens (tertiary/aromatic N) is 1. The van der Waals surface area contributed by atoms with E-state index in [2.05, 4.69) is 9.97 Å². The first-order chi connectivity index (χ1) is 9.58. The van der Waals surface area contributed by atoms with E-state index in [1.165, 1.54) is 0 Å². The summed E-state index contributed by atoms with van der Waals surface area (Å²) in [5.41, 5.74) is 0.888. The normalized spacial score (nSPS) is 11.3. The van der Waals surface area contributed by atoms with Gasteiger partial charge in [0.2, 0.25) is 5.88 Å². The summed E-state index contributed by atoms with van der Waals surface area (Å²) in [5, 5.41) is 13.0. The Hall–Kier alpha value is -2.14. The quantitative estimate of drug-likeness (QED) is 0.758. The lowest BCUT2D eigenvalue weighted by molar-refractivity contribution is 0.440. The number of rotatable bonds is 2. The first-order valence-electron chi connectivity index (χ1n) is 6.37. The van der Waals surface area contributed by atoms with Crippen molar-refractivity contribution in [1.82, 2.24) is 9.97 Å². The van der Waals surface area contributed by atoms with Gasteiger partial charge >= 0.3 is 0 Å². The molecule has 1 aromatic carbocycles. The van der Waals surface area contributed by atoms with Crippen LogP contribution in [0.4, 0.5) is 0 Å². The van der Waals surface area contributed by atoms with Crippen molar-refractivity contribution in [2.45, 2.75) is 19.8 Å². The van der Waals surface area contributed by atoms with Gasteiger partial charge in [-0.3, -0.25) is 4.79 Å². The SMILES string of the molecule is CC(C)c1c(O)nc(-c2csc3ccccc23)[nH]c1=O. The molecule has 2 aromatic heterocycles. The Kier molecular flexibility index (Phi) is 3.06. The van der Waals surface area contributed by atoms with Crippen LogP contribution in [0.15, 0.2) is 34.4 Å². The van der Waals surface area contributed by atoms with E-state index in [1.807, 2.05) is 43.5 Å². The summed E-state index contributed by atoms with van der Waals surface area (Å²) < 4.78 is 1.12. The van der Waals surface area contributed by atoms with Crippen LogP contribution in [-0.4, -0.2) is 15.1 Å². The summed E-state index contributed by atoms with van der Waals surface area (Å²) in [5.74, 6) is 0.155. The largest absolute Gasteiger partial charge is 0.493 e. The zero-order valence-electron chi connectivity index (χ0n) is 11.2. The van der Waals surface area contributed by atoms with Gasteiger partial charge in [-0.15, -0.1) is 11.3 Å². The molecule has 0 bridgehead atoms. The highest BCUT2D eigenvalue weighted by molar-refractivity contribution is 7.17. The van der Waals surface area contributed by atoms with E-state index in [0.29, 0.717) is 11.4 Å². The molecule has 2 N–H and O–H groups in total. The summed E-state index contributed by atoms with van der Waals surface area (Å²) >= 11 is 1.59. The van der Waals surface area contributed by atoms with Crippen molar-refractivity contribution >= 4 is 21.4 Å². The highest BCUT2D eigenvalue weighted by Gasteiger charge is 2.16. The number of aromatic amines is 1. The van der Waals surface area contributed by atoms with Gasteiger partial charge in [0.05, 0.1) is 5.56 Å². The van der Waals surface area contributed by atoms with Crippen LogP contribution in [0.3, 0.4) is 0 Å². The summed E-state index contributed by atoms with van der Waals surface area (Å²) in [6.07, 6.45) is 0. The molecule has 2 heterocycles. The number of hydrogen-bond acceptors (Lipinski definition) is 4. The van der Waals surface area contributed by atoms with Crippen molar-refractivity contribution < 1.29 is 5.11 Å². The van der Waals surface area contributed by atoms with E-state index in [9.17, 15) is 9.90 Å². The summed E-state index contributed by atoms with van der Waals surface area (Å²) in [7, 11) is 0. The number of H-pyrrole nitrogens is 1. The molecule has 0 spiro atoms. The number of hydrogen-bond donors (Lipinski definition) is 2. The number of aromatic nitrogens is 2. The Morgan fingerprint density at radius 1 is 1.30 bits per heavy atom. The lowest BCUT2D eigenvalue weighted by Gasteiger charge is -2.07. The molecule has 102 valence electrons. The molecule has 3 rings (SSSR count). The second-order valence-electron chi connectivity index (χ2n) is 4.95. The predicted molar refractivity (Wildman–Crippen MR) is 81.4 cm³/mol. The first-order valence-corrected chi connectivity index (χ1v) is 7.25. The number of nitrogens with one attached hydrogen (secondary N) is 1. The van der Waals surface area contributed by atoms with Crippen LogP contribution in [0, 0.1) is 0 Å². The third-order valence-electron chi connectivity index (χ3n) is 3.25. The Morgan fingerprint density at radius 2 is 2.05 bits per heavy atom. The molecular formula is C15H14N2O2S. The molecule has 0 aliphatic carbocycles. The maximum Gasteiger partial charge on any atom is 0.258 e. The first kappa shape index (κ1) is 12.9. The summed E-state index contributed by atoms with van der Waals surface area (Å²) in [6.45, 7) is 3.71. The van der Waals surface area contributed by atoms with Crippen molar-refractivity contribution in [2.24, 2.45) is 0 Å². The van der Waals surface area contributed by atoms with Crippen LogP contribution in [-0.2, 0) is 0 Å². The number of aromatic hydroxyl groups is 1. The van der Waals surface area contributed by atoms with Gasteiger partial charge in [-0.2, -0.15) is 4.98 Å². The van der Waals surface area contributed by atoms with Gasteiger partial charge in [-0.25, -0.2) is 0 Å². The molecule has 0 fully saturated rings. The lowest BCUT2D eigenvalue weighted by atomic mass is 10.1. The molecule has 0 saturated heterocycles. The van der Waals surface area contributed by atoms with Crippen molar-refractivity contribution in [3.63, 3.8) is 0 Å². The van der Waals surface area contributed by atoms with Crippen molar-refractivity contribution in [3.05, 3.63) is 45.6 Å². The van der Waals surface area contributed by atoms with E-state index < -0.39 is 0 Å². The molecule has 0 amide bonds. The number of benzene rings is 1. The third-order valence-corrected chi connectivity index (χ3v) is 4.21. The van der Waals surface area contributed by atoms with Crippen LogP contribution in [0.25, 0.3) is 21.5 Å². The van der Waals surface area contributed by atoms with Gasteiger partial charge in [0.25, 0.3) is 5.56 Å². The molecule has 0 radical (unpaired) electrons. The van der Waals surface area contributed by atoms with E-state index in [0.717, 1.165) is 15.6 Å². The summed E-state index contributed by atoms with van der Waals surface area (Å²) in [6, 6.07) is 7.91. The van der Waals surface area contributed by atoms with Gasteiger partial charge in [0.1, 0.15) is 5.82 Å². The van der Waals surface area contributed by atoms with Crippen LogP contribution in [0.5, 0.6) is 5.88 Å². The monoisotopic (exact) mass is 286 g/mol.